The van der Waals surface area contributed by atoms with Crippen LogP contribution in [0.3, 0.4) is 0 Å². The van der Waals surface area contributed by atoms with E-state index in [1.165, 1.54) is 0 Å². The van der Waals surface area contributed by atoms with Crippen LogP contribution >= 0.6 is 0 Å². The van der Waals surface area contributed by atoms with Crippen LogP contribution < -0.4 is 0 Å². The number of hydrogen-bond donors (Lipinski definition) is 0. The molecular weight excluding hydrogens is 140 g/mol. The monoisotopic (exact) mass is 156 g/mol. The highest BCUT2D eigenvalue weighted by Crippen LogP contribution is 1.85. The number of nitrogens with zero attached hydrogens (tertiary/aromatic N) is 2. The first-order chi connectivity index (χ1) is 5.20. The Morgan fingerprint density at radius 1 is 1.55 bits per heavy atom. The van der Waals surface area contributed by atoms with Gasteiger partial charge in [0, 0.05) is 13.1 Å². The van der Waals surface area contributed by atoms with E-state index in [4.69, 9.17) is 4.74 Å². The van der Waals surface area contributed by atoms with Crippen LogP contribution in [-0.2, 0) is 4.74 Å². The Bertz CT molecular complexity index is 150. The Labute approximate surface area is 68.2 Å². The maximum atomic E-state index is 5.14. The smallest absolute Gasteiger partial charge is 0.226 e. The maximum Gasteiger partial charge on any atom is 0.226 e. The summed E-state index contributed by atoms with van der Waals surface area (Å²) in [6.45, 7) is 6.58. The van der Waals surface area contributed by atoms with Crippen LogP contribution in [0.25, 0.3) is 0 Å². The van der Waals surface area contributed by atoms with E-state index in [1.54, 1.807) is 13.3 Å². The second kappa shape index (κ2) is 5.89. The average molecular weight is 156 g/mol. The molecule has 0 aromatic heterocycles. The fourth-order valence-corrected chi connectivity index (χ4v) is 0.520. The molecular formula is C8H16N2O. The normalized spacial score (nSPS) is 13.0. The van der Waals surface area contributed by atoms with Crippen LogP contribution in [0, 0.1) is 0 Å². The molecule has 0 atom stereocenters. The van der Waals surface area contributed by atoms with Crippen molar-refractivity contribution in [3.8, 4) is 0 Å². The first-order valence-electron chi connectivity index (χ1n) is 3.83. The van der Waals surface area contributed by atoms with Crippen LogP contribution in [0.15, 0.2) is 9.98 Å². The third-order valence-corrected chi connectivity index (χ3v) is 0.996. The minimum absolute atomic E-state index is 0.298. The third kappa shape index (κ3) is 5.58. The predicted molar refractivity (Wildman–Crippen MR) is 48.6 cm³/mol. The van der Waals surface area contributed by atoms with Crippen LogP contribution in [0.4, 0.5) is 0 Å². The zero-order valence-electron chi connectivity index (χ0n) is 7.66. The predicted octanol–water partition coefficient (Wildman–Crippen LogP) is 1.53. The first kappa shape index (κ1) is 10.1. The summed E-state index contributed by atoms with van der Waals surface area (Å²) in [5, 5.41) is 0. The molecule has 0 N–H and O–H groups in total. The number of hydrogen-bond acceptors (Lipinski definition) is 3. The van der Waals surface area contributed by atoms with Gasteiger partial charge in [-0.05, 0) is 20.8 Å². The summed E-state index contributed by atoms with van der Waals surface area (Å²) < 4.78 is 5.14. The van der Waals surface area contributed by atoms with Crippen molar-refractivity contribution in [2.75, 3.05) is 13.7 Å². The molecule has 0 radical (unpaired) electrons. The van der Waals surface area contributed by atoms with Crippen LogP contribution in [0.2, 0.25) is 0 Å². The average Bonchev–Trinajstić information content (AvgIpc) is 1.97. The van der Waals surface area contributed by atoms with E-state index >= 15 is 0 Å². The van der Waals surface area contributed by atoms with E-state index in [1.807, 2.05) is 20.8 Å². The molecule has 0 aliphatic rings. The Hall–Kier alpha value is -0.860. The van der Waals surface area contributed by atoms with Gasteiger partial charge < -0.3 is 4.74 Å². The van der Waals surface area contributed by atoms with E-state index in [0.29, 0.717) is 18.5 Å². The van der Waals surface area contributed by atoms with Crippen molar-refractivity contribution in [1.29, 1.82) is 0 Å². The van der Waals surface area contributed by atoms with Gasteiger partial charge in [-0.2, -0.15) is 0 Å². The zero-order valence-corrected chi connectivity index (χ0v) is 7.66. The molecule has 0 rings (SSSR count). The van der Waals surface area contributed by atoms with Gasteiger partial charge in [-0.1, -0.05) is 0 Å². The van der Waals surface area contributed by atoms with Gasteiger partial charge >= 0.3 is 0 Å². The maximum absolute atomic E-state index is 5.14. The van der Waals surface area contributed by atoms with Crippen LogP contribution in [0.1, 0.15) is 20.8 Å². The van der Waals surface area contributed by atoms with Gasteiger partial charge in [0.1, 0.15) is 0 Å². The van der Waals surface area contributed by atoms with Crippen molar-refractivity contribution < 1.29 is 4.74 Å². The summed E-state index contributed by atoms with van der Waals surface area (Å²) in [6.07, 6.45) is 1.66. The van der Waals surface area contributed by atoms with Crippen molar-refractivity contribution in [3.63, 3.8) is 0 Å². The van der Waals surface area contributed by atoms with E-state index in [-0.39, 0.29) is 0 Å². The number of ether oxygens (including phenoxy) is 1. The molecule has 0 saturated heterocycles. The summed E-state index contributed by atoms with van der Waals surface area (Å²) in [5.41, 5.74) is 0. The summed E-state index contributed by atoms with van der Waals surface area (Å²) in [6, 6.07) is 0.298. The quantitative estimate of drug-likeness (QED) is 0.450. The highest BCUT2D eigenvalue weighted by atomic mass is 16.5. The SMILES string of the molecule is CCOC(C=NC(C)C)=NC. The Morgan fingerprint density at radius 2 is 2.18 bits per heavy atom. The lowest BCUT2D eigenvalue weighted by Gasteiger charge is -2.00. The third-order valence-electron chi connectivity index (χ3n) is 0.996. The van der Waals surface area contributed by atoms with E-state index in [2.05, 4.69) is 9.98 Å². The molecule has 0 amide bonds. The molecule has 0 fully saturated rings. The van der Waals surface area contributed by atoms with Crippen LogP contribution in [0.5, 0.6) is 0 Å². The van der Waals surface area contributed by atoms with E-state index < -0.39 is 0 Å². The Morgan fingerprint density at radius 3 is 2.55 bits per heavy atom. The van der Waals surface area contributed by atoms with Crippen molar-refractivity contribution in [2.24, 2.45) is 9.98 Å². The first-order valence-corrected chi connectivity index (χ1v) is 3.83. The molecule has 11 heavy (non-hydrogen) atoms. The largest absolute Gasteiger partial charge is 0.477 e. The lowest BCUT2D eigenvalue weighted by Crippen LogP contribution is -2.07. The van der Waals surface area contributed by atoms with E-state index in [0.717, 1.165) is 0 Å². The number of aliphatic imine (C=N–C) groups is 2. The van der Waals surface area contributed by atoms with Crippen molar-refractivity contribution >= 4 is 12.1 Å². The topological polar surface area (TPSA) is 34.0 Å². The molecule has 3 heteroatoms. The van der Waals surface area contributed by atoms with E-state index in [9.17, 15) is 0 Å². The minimum atomic E-state index is 0.298. The van der Waals surface area contributed by atoms with Gasteiger partial charge in [0.2, 0.25) is 5.90 Å². The minimum Gasteiger partial charge on any atom is -0.477 e. The van der Waals surface area contributed by atoms with Crippen molar-refractivity contribution in [1.82, 2.24) is 0 Å². The Balaban J connectivity index is 3.88. The highest BCUT2D eigenvalue weighted by molar-refractivity contribution is 6.26. The molecule has 0 spiro atoms. The fraction of sp³-hybridized carbons (Fsp3) is 0.750. The highest BCUT2D eigenvalue weighted by Gasteiger charge is 1.91. The summed E-state index contributed by atoms with van der Waals surface area (Å²) >= 11 is 0. The van der Waals surface area contributed by atoms with Gasteiger partial charge in [0.05, 0.1) is 12.8 Å². The van der Waals surface area contributed by atoms with Crippen LogP contribution in [-0.4, -0.2) is 31.8 Å². The molecule has 0 saturated carbocycles. The zero-order chi connectivity index (χ0) is 8.69. The molecule has 0 aliphatic carbocycles. The van der Waals surface area contributed by atoms with Crippen molar-refractivity contribution in [2.45, 2.75) is 26.8 Å². The van der Waals surface area contributed by atoms with Gasteiger partial charge in [-0.15, -0.1) is 0 Å². The molecule has 0 bridgehead atoms. The Kier molecular flexibility index (Phi) is 5.43. The lowest BCUT2D eigenvalue weighted by atomic mass is 10.4. The molecule has 0 aliphatic heterocycles. The van der Waals surface area contributed by atoms with Gasteiger partial charge in [-0.3, -0.25) is 9.98 Å². The van der Waals surface area contributed by atoms with Gasteiger partial charge in [0.15, 0.2) is 0 Å². The second-order valence-electron chi connectivity index (χ2n) is 2.37. The summed E-state index contributed by atoms with van der Waals surface area (Å²) in [4.78, 5) is 8.03. The molecule has 0 aromatic rings. The standard InChI is InChI=1S/C8H16N2O/c1-5-11-8(9-4)6-10-7(2)3/h6-7H,5H2,1-4H3. The molecule has 0 aromatic carbocycles. The molecule has 64 valence electrons. The van der Waals surface area contributed by atoms with Gasteiger partial charge in [-0.25, -0.2) is 0 Å². The van der Waals surface area contributed by atoms with Gasteiger partial charge in [0.25, 0.3) is 0 Å². The second-order valence-corrected chi connectivity index (χ2v) is 2.37. The molecule has 0 unspecified atom stereocenters. The number of rotatable bonds is 3. The van der Waals surface area contributed by atoms with Crippen molar-refractivity contribution in [3.05, 3.63) is 0 Å². The molecule has 3 nitrogen and oxygen atoms in total. The fourth-order valence-electron chi connectivity index (χ4n) is 0.520. The summed E-state index contributed by atoms with van der Waals surface area (Å²) in [5.74, 6) is 0.598. The molecule has 0 heterocycles. The lowest BCUT2D eigenvalue weighted by molar-refractivity contribution is 0.334. The summed E-state index contributed by atoms with van der Waals surface area (Å²) in [7, 11) is 1.69.